The molecule has 1 aromatic rings. The van der Waals surface area contributed by atoms with Crippen LogP contribution in [0.4, 0.5) is 5.69 Å². The van der Waals surface area contributed by atoms with E-state index in [1.807, 2.05) is 0 Å². The first-order valence-corrected chi connectivity index (χ1v) is 7.64. The molecule has 0 aromatic heterocycles. The van der Waals surface area contributed by atoms with Crippen LogP contribution >= 0.6 is 0 Å². The normalized spacial score (nSPS) is 22.1. The van der Waals surface area contributed by atoms with E-state index in [1.54, 1.807) is 0 Å². The van der Waals surface area contributed by atoms with Gasteiger partial charge in [0.15, 0.2) is 0 Å². The van der Waals surface area contributed by atoms with Crippen molar-refractivity contribution in [3.63, 3.8) is 0 Å². The summed E-state index contributed by atoms with van der Waals surface area (Å²) in [6.07, 6.45) is 0.270. The van der Waals surface area contributed by atoms with Crippen molar-refractivity contribution in [1.29, 1.82) is 0 Å². The summed E-state index contributed by atoms with van der Waals surface area (Å²) in [4.78, 5) is 2.47. The number of morpholine rings is 1. The first-order valence-electron chi connectivity index (χ1n) is 7.64. The Morgan fingerprint density at radius 1 is 1.40 bits per heavy atom. The van der Waals surface area contributed by atoms with Crippen LogP contribution in [0, 0.1) is 6.92 Å². The zero-order chi connectivity index (χ0) is 14.8. The summed E-state index contributed by atoms with van der Waals surface area (Å²) in [5.41, 5.74) is 3.97. The molecule has 3 heteroatoms. The lowest BCUT2D eigenvalue weighted by Gasteiger charge is -2.43. The number of ether oxygens (including phenoxy) is 1. The highest BCUT2D eigenvalue weighted by atomic mass is 16.5. The highest BCUT2D eigenvalue weighted by molar-refractivity contribution is 5.55. The van der Waals surface area contributed by atoms with E-state index in [4.69, 9.17) is 4.74 Å². The molecule has 0 radical (unpaired) electrons. The van der Waals surface area contributed by atoms with Crippen LogP contribution in [0.25, 0.3) is 0 Å². The van der Waals surface area contributed by atoms with E-state index in [0.717, 1.165) is 26.2 Å². The highest BCUT2D eigenvalue weighted by Gasteiger charge is 2.32. The summed E-state index contributed by atoms with van der Waals surface area (Å²) in [5.74, 6) is 0. The van der Waals surface area contributed by atoms with Gasteiger partial charge in [0, 0.05) is 25.3 Å². The molecule has 20 heavy (non-hydrogen) atoms. The minimum atomic E-state index is -0.0853. The Kier molecular flexibility index (Phi) is 4.71. The smallest absolute Gasteiger partial charge is 0.0805 e. The number of nitrogens with one attached hydrogen (secondary N) is 1. The average molecular weight is 276 g/mol. The Hall–Kier alpha value is -1.06. The molecule has 0 aliphatic carbocycles. The van der Waals surface area contributed by atoms with Gasteiger partial charge in [0.2, 0.25) is 0 Å². The van der Waals surface area contributed by atoms with Gasteiger partial charge < -0.3 is 15.0 Å². The Labute approximate surface area is 123 Å². The van der Waals surface area contributed by atoms with E-state index >= 15 is 0 Å². The molecule has 0 saturated carbocycles. The van der Waals surface area contributed by atoms with Gasteiger partial charge in [-0.3, -0.25) is 0 Å². The first kappa shape index (κ1) is 15.3. The predicted octanol–water partition coefficient (Wildman–Crippen LogP) is 3.11. The Balaban J connectivity index is 2.26. The lowest BCUT2D eigenvalue weighted by Crippen LogP contribution is -2.52. The van der Waals surface area contributed by atoms with Crippen LogP contribution in [0.15, 0.2) is 18.2 Å². The van der Waals surface area contributed by atoms with Gasteiger partial charge in [0.05, 0.1) is 11.7 Å². The maximum Gasteiger partial charge on any atom is 0.0805 e. The van der Waals surface area contributed by atoms with Crippen LogP contribution in [0.5, 0.6) is 0 Å². The quantitative estimate of drug-likeness (QED) is 0.914. The fraction of sp³-hybridized carbons (Fsp3) is 0.647. The fourth-order valence-electron chi connectivity index (χ4n) is 3.06. The molecule has 0 bridgehead atoms. The number of hydrogen-bond donors (Lipinski definition) is 1. The molecule has 0 spiro atoms. The second-order valence-electron chi connectivity index (χ2n) is 6.48. The zero-order valence-electron chi connectivity index (χ0n) is 13.5. The van der Waals surface area contributed by atoms with Gasteiger partial charge in [0.25, 0.3) is 0 Å². The maximum atomic E-state index is 6.01. The van der Waals surface area contributed by atoms with E-state index in [2.05, 4.69) is 63.0 Å². The first-order chi connectivity index (χ1) is 9.41. The maximum absolute atomic E-state index is 6.01. The van der Waals surface area contributed by atoms with Gasteiger partial charge in [0.1, 0.15) is 0 Å². The molecule has 0 amide bonds. The molecule has 112 valence electrons. The third-order valence-electron chi connectivity index (χ3n) is 3.71. The number of aryl methyl sites for hydroxylation is 1. The van der Waals surface area contributed by atoms with Crippen LogP contribution in [0.1, 0.15) is 38.8 Å². The lowest BCUT2D eigenvalue weighted by molar-refractivity contribution is -0.0750. The second kappa shape index (κ2) is 6.15. The molecular weight excluding hydrogens is 248 g/mol. The summed E-state index contributed by atoms with van der Waals surface area (Å²) >= 11 is 0. The van der Waals surface area contributed by atoms with E-state index < -0.39 is 0 Å². The van der Waals surface area contributed by atoms with Gasteiger partial charge in [-0.25, -0.2) is 0 Å². The van der Waals surface area contributed by atoms with E-state index in [1.165, 1.54) is 16.8 Å². The van der Waals surface area contributed by atoms with Crippen LogP contribution in [-0.2, 0) is 11.3 Å². The van der Waals surface area contributed by atoms with Crippen LogP contribution < -0.4 is 10.2 Å². The van der Waals surface area contributed by atoms with Crippen molar-refractivity contribution in [2.24, 2.45) is 0 Å². The molecule has 2 rings (SSSR count). The number of anilines is 1. The van der Waals surface area contributed by atoms with Crippen LogP contribution in [0.3, 0.4) is 0 Å². The monoisotopic (exact) mass is 276 g/mol. The fourth-order valence-corrected chi connectivity index (χ4v) is 3.06. The third-order valence-corrected chi connectivity index (χ3v) is 3.71. The number of hydrogen-bond acceptors (Lipinski definition) is 3. The summed E-state index contributed by atoms with van der Waals surface area (Å²) in [7, 11) is 0. The molecule has 1 fully saturated rings. The van der Waals surface area contributed by atoms with Gasteiger partial charge in [-0.15, -0.1) is 0 Å². The van der Waals surface area contributed by atoms with Gasteiger partial charge in [-0.05, 0) is 45.9 Å². The molecule has 1 heterocycles. The van der Waals surface area contributed by atoms with Crippen molar-refractivity contribution < 1.29 is 4.74 Å². The summed E-state index contributed by atoms with van der Waals surface area (Å²) in [6, 6.07) is 6.76. The molecule has 1 saturated heterocycles. The molecule has 1 aliphatic heterocycles. The molecule has 3 nitrogen and oxygen atoms in total. The molecule has 1 N–H and O–H groups in total. The van der Waals surface area contributed by atoms with Crippen LogP contribution in [0.2, 0.25) is 0 Å². The van der Waals surface area contributed by atoms with Crippen molar-refractivity contribution in [2.45, 2.75) is 52.9 Å². The largest absolute Gasteiger partial charge is 0.369 e. The average Bonchev–Trinajstić information content (AvgIpc) is 2.33. The molecule has 1 unspecified atom stereocenters. The second-order valence-corrected chi connectivity index (χ2v) is 6.48. The number of rotatable bonds is 4. The van der Waals surface area contributed by atoms with Crippen molar-refractivity contribution >= 4 is 5.69 Å². The summed E-state index contributed by atoms with van der Waals surface area (Å²) < 4.78 is 6.01. The molecule has 1 aliphatic rings. The molecule has 1 aromatic carbocycles. The Morgan fingerprint density at radius 3 is 2.80 bits per heavy atom. The zero-order valence-corrected chi connectivity index (χ0v) is 13.5. The number of nitrogens with zero attached hydrogens (tertiary/aromatic N) is 1. The van der Waals surface area contributed by atoms with Gasteiger partial charge in [-0.2, -0.15) is 0 Å². The van der Waals surface area contributed by atoms with Gasteiger partial charge in [-0.1, -0.05) is 24.6 Å². The van der Waals surface area contributed by atoms with E-state index in [-0.39, 0.29) is 11.7 Å². The molecule has 1 atom stereocenters. The Bertz CT molecular complexity index is 456. The van der Waals surface area contributed by atoms with Crippen molar-refractivity contribution in [1.82, 2.24) is 5.32 Å². The van der Waals surface area contributed by atoms with Crippen molar-refractivity contribution in [3.05, 3.63) is 29.3 Å². The topological polar surface area (TPSA) is 24.5 Å². The minimum absolute atomic E-state index is 0.0853. The van der Waals surface area contributed by atoms with Gasteiger partial charge >= 0.3 is 0 Å². The molecular formula is C17H28N2O. The highest BCUT2D eigenvalue weighted by Crippen LogP contribution is 2.29. The van der Waals surface area contributed by atoms with Crippen LogP contribution in [-0.4, -0.2) is 31.3 Å². The SMILES string of the molecule is CCNCc1cc(C)ccc1N1CC(C)OC(C)(C)C1. The predicted molar refractivity (Wildman–Crippen MR) is 85.4 cm³/mol. The van der Waals surface area contributed by atoms with E-state index in [0.29, 0.717) is 0 Å². The van der Waals surface area contributed by atoms with Crippen molar-refractivity contribution in [2.75, 3.05) is 24.5 Å². The number of benzene rings is 1. The Morgan fingerprint density at radius 2 is 2.15 bits per heavy atom. The standard InChI is InChI=1S/C17H28N2O/c1-6-18-10-15-9-13(2)7-8-16(15)19-11-14(3)20-17(4,5)12-19/h7-9,14,18H,6,10-12H2,1-5H3. The lowest BCUT2D eigenvalue weighted by atomic mass is 10.0. The summed E-state index contributed by atoms with van der Waals surface area (Å²) in [6.45, 7) is 14.7. The van der Waals surface area contributed by atoms with E-state index in [9.17, 15) is 0 Å². The third kappa shape index (κ3) is 3.74. The van der Waals surface area contributed by atoms with Crippen molar-refractivity contribution in [3.8, 4) is 0 Å². The summed E-state index contributed by atoms with van der Waals surface area (Å²) in [5, 5.41) is 3.45. The minimum Gasteiger partial charge on any atom is -0.369 e.